The van der Waals surface area contributed by atoms with Gasteiger partial charge in [0.25, 0.3) is 0 Å². The Morgan fingerprint density at radius 1 is 1.26 bits per heavy atom. The van der Waals surface area contributed by atoms with E-state index in [1.54, 1.807) is 0 Å². The van der Waals surface area contributed by atoms with Crippen molar-refractivity contribution in [2.24, 2.45) is 5.92 Å². The minimum Gasteiger partial charge on any atom is -0.383 e. The molecule has 100 valence electrons. The zero-order valence-corrected chi connectivity index (χ0v) is 11.8. The lowest BCUT2D eigenvalue weighted by Gasteiger charge is -2.07. The van der Waals surface area contributed by atoms with Crippen molar-refractivity contribution in [1.82, 2.24) is 9.78 Å². The van der Waals surface area contributed by atoms with E-state index in [1.807, 2.05) is 35.0 Å². The molecule has 0 saturated heterocycles. The van der Waals surface area contributed by atoms with Crippen LogP contribution >= 0.6 is 0 Å². The van der Waals surface area contributed by atoms with Gasteiger partial charge in [-0.3, -0.25) is 0 Å². The molecule has 0 bridgehead atoms. The van der Waals surface area contributed by atoms with E-state index in [1.165, 1.54) is 17.7 Å². The molecule has 3 rings (SSSR count). The SMILES string of the molecule is CC(C)c1c(C2CC2C)nn(-c2ccccc2)c1N. The second-order valence-corrected chi connectivity index (χ2v) is 5.91. The molecule has 1 aliphatic carbocycles. The van der Waals surface area contributed by atoms with Crippen LogP contribution in [0.4, 0.5) is 5.82 Å². The first-order chi connectivity index (χ1) is 9.09. The van der Waals surface area contributed by atoms with Crippen molar-refractivity contribution in [2.45, 2.75) is 39.0 Å². The highest BCUT2D eigenvalue weighted by Gasteiger charge is 2.39. The lowest BCUT2D eigenvalue weighted by Crippen LogP contribution is -2.03. The summed E-state index contributed by atoms with van der Waals surface area (Å²) in [6.07, 6.45) is 1.24. The van der Waals surface area contributed by atoms with Gasteiger partial charge in [0, 0.05) is 11.5 Å². The zero-order valence-electron chi connectivity index (χ0n) is 11.8. The van der Waals surface area contributed by atoms with E-state index < -0.39 is 0 Å². The molecule has 2 N–H and O–H groups in total. The fourth-order valence-corrected chi connectivity index (χ4v) is 2.80. The van der Waals surface area contributed by atoms with Crippen LogP contribution in [-0.2, 0) is 0 Å². The van der Waals surface area contributed by atoms with Gasteiger partial charge in [-0.2, -0.15) is 5.10 Å². The number of hydrogen-bond donors (Lipinski definition) is 1. The molecule has 1 saturated carbocycles. The first-order valence-corrected chi connectivity index (χ1v) is 7.03. The van der Waals surface area contributed by atoms with E-state index in [9.17, 15) is 0 Å². The van der Waals surface area contributed by atoms with Crippen molar-refractivity contribution in [3.05, 3.63) is 41.6 Å². The standard InChI is InChI=1S/C16H21N3/c1-10(2)14-15(13-9-11(13)3)18-19(16(14)17)12-7-5-4-6-8-12/h4-8,10-11,13H,9,17H2,1-3H3. The van der Waals surface area contributed by atoms with E-state index in [2.05, 4.69) is 20.8 Å². The van der Waals surface area contributed by atoms with Gasteiger partial charge in [0.05, 0.1) is 11.4 Å². The number of anilines is 1. The molecule has 0 amide bonds. The summed E-state index contributed by atoms with van der Waals surface area (Å²) in [6, 6.07) is 10.1. The van der Waals surface area contributed by atoms with Gasteiger partial charge in [-0.1, -0.05) is 39.0 Å². The summed E-state index contributed by atoms with van der Waals surface area (Å²) in [5.74, 6) is 2.57. The Kier molecular flexibility index (Phi) is 2.85. The Labute approximate surface area is 114 Å². The van der Waals surface area contributed by atoms with Crippen LogP contribution in [0.1, 0.15) is 50.3 Å². The van der Waals surface area contributed by atoms with Gasteiger partial charge in [-0.05, 0) is 30.4 Å². The van der Waals surface area contributed by atoms with Crippen molar-refractivity contribution in [2.75, 3.05) is 5.73 Å². The number of aromatic nitrogens is 2. The Morgan fingerprint density at radius 3 is 2.42 bits per heavy atom. The number of hydrogen-bond acceptors (Lipinski definition) is 2. The van der Waals surface area contributed by atoms with Crippen molar-refractivity contribution in [3.63, 3.8) is 0 Å². The first kappa shape index (κ1) is 12.3. The van der Waals surface area contributed by atoms with E-state index in [4.69, 9.17) is 10.8 Å². The van der Waals surface area contributed by atoms with Crippen molar-refractivity contribution >= 4 is 5.82 Å². The molecule has 19 heavy (non-hydrogen) atoms. The van der Waals surface area contributed by atoms with Crippen LogP contribution in [0.25, 0.3) is 5.69 Å². The van der Waals surface area contributed by atoms with Crippen LogP contribution in [0.15, 0.2) is 30.3 Å². The zero-order chi connectivity index (χ0) is 13.6. The molecule has 1 heterocycles. The topological polar surface area (TPSA) is 43.8 Å². The number of rotatable bonds is 3. The minimum absolute atomic E-state index is 0.417. The second kappa shape index (κ2) is 4.41. The molecule has 2 atom stereocenters. The van der Waals surface area contributed by atoms with Gasteiger partial charge in [0.1, 0.15) is 5.82 Å². The molecular formula is C16H21N3. The first-order valence-electron chi connectivity index (χ1n) is 7.03. The fourth-order valence-electron chi connectivity index (χ4n) is 2.80. The van der Waals surface area contributed by atoms with E-state index >= 15 is 0 Å². The van der Waals surface area contributed by atoms with Gasteiger partial charge in [-0.25, -0.2) is 4.68 Å². The van der Waals surface area contributed by atoms with E-state index in [0.717, 1.165) is 17.4 Å². The molecule has 3 heteroatoms. The number of nitrogen functional groups attached to an aromatic ring is 1. The molecule has 1 aliphatic rings. The number of benzene rings is 1. The number of nitrogens with zero attached hydrogens (tertiary/aromatic N) is 2. The Morgan fingerprint density at radius 2 is 1.89 bits per heavy atom. The molecule has 0 aliphatic heterocycles. The van der Waals surface area contributed by atoms with Gasteiger partial charge < -0.3 is 5.73 Å². The maximum absolute atomic E-state index is 6.35. The third kappa shape index (κ3) is 2.03. The van der Waals surface area contributed by atoms with Gasteiger partial charge in [0.15, 0.2) is 0 Å². The number of para-hydroxylation sites is 1. The molecular weight excluding hydrogens is 234 g/mol. The van der Waals surface area contributed by atoms with Crippen LogP contribution in [0.2, 0.25) is 0 Å². The van der Waals surface area contributed by atoms with Gasteiger partial charge >= 0.3 is 0 Å². The van der Waals surface area contributed by atoms with Crippen molar-refractivity contribution < 1.29 is 0 Å². The van der Waals surface area contributed by atoms with Crippen LogP contribution < -0.4 is 5.73 Å². The largest absolute Gasteiger partial charge is 0.383 e. The average Bonchev–Trinajstić information content (AvgIpc) is 3.00. The molecule has 0 spiro atoms. The summed E-state index contributed by atoms with van der Waals surface area (Å²) in [4.78, 5) is 0. The van der Waals surface area contributed by atoms with Crippen LogP contribution in [0.3, 0.4) is 0 Å². The quantitative estimate of drug-likeness (QED) is 0.908. The molecule has 3 nitrogen and oxygen atoms in total. The molecule has 1 aromatic heterocycles. The summed E-state index contributed by atoms with van der Waals surface area (Å²) in [5, 5.41) is 4.81. The van der Waals surface area contributed by atoms with Gasteiger partial charge in [-0.15, -0.1) is 0 Å². The highest BCUT2D eigenvalue weighted by atomic mass is 15.3. The van der Waals surface area contributed by atoms with Crippen LogP contribution in [0, 0.1) is 5.92 Å². The fraction of sp³-hybridized carbons (Fsp3) is 0.438. The monoisotopic (exact) mass is 255 g/mol. The lowest BCUT2D eigenvalue weighted by atomic mass is 10.00. The molecule has 2 unspecified atom stereocenters. The third-order valence-corrected chi connectivity index (χ3v) is 4.03. The molecule has 1 aromatic carbocycles. The minimum atomic E-state index is 0.417. The van der Waals surface area contributed by atoms with Gasteiger partial charge in [0.2, 0.25) is 0 Å². The maximum atomic E-state index is 6.35. The Balaban J connectivity index is 2.12. The highest BCUT2D eigenvalue weighted by molar-refractivity contribution is 5.53. The predicted octanol–water partition coefficient (Wildman–Crippen LogP) is 3.70. The molecule has 2 aromatic rings. The second-order valence-electron chi connectivity index (χ2n) is 5.91. The summed E-state index contributed by atoms with van der Waals surface area (Å²) >= 11 is 0. The summed E-state index contributed by atoms with van der Waals surface area (Å²) in [7, 11) is 0. The highest BCUT2D eigenvalue weighted by Crippen LogP contribution is 2.49. The van der Waals surface area contributed by atoms with Crippen LogP contribution in [0.5, 0.6) is 0 Å². The van der Waals surface area contributed by atoms with E-state index in [-0.39, 0.29) is 0 Å². The molecule has 0 radical (unpaired) electrons. The number of nitrogens with two attached hydrogens (primary N) is 1. The maximum Gasteiger partial charge on any atom is 0.130 e. The lowest BCUT2D eigenvalue weighted by molar-refractivity contribution is 0.796. The summed E-state index contributed by atoms with van der Waals surface area (Å²) in [5.41, 5.74) is 9.84. The normalized spacial score (nSPS) is 21.9. The molecule has 1 fully saturated rings. The predicted molar refractivity (Wildman–Crippen MR) is 78.6 cm³/mol. The Hall–Kier alpha value is -1.77. The third-order valence-electron chi connectivity index (χ3n) is 4.03. The average molecular weight is 255 g/mol. The Bertz CT molecular complexity index is 584. The summed E-state index contributed by atoms with van der Waals surface area (Å²) < 4.78 is 1.90. The summed E-state index contributed by atoms with van der Waals surface area (Å²) in [6.45, 7) is 6.67. The van der Waals surface area contributed by atoms with E-state index in [0.29, 0.717) is 11.8 Å². The smallest absolute Gasteiger partial charge is 0.130 e. The van der Waals surface area contributed by atoms with Crippen LogP contribution in [-0.4, -0.2) is 9.78 Å². The van der Waals surface area contributed by atoms with Crippen molar-refractivity contribution in [3.8, 4) is 5.69 Å². The van der Waals surface area contributed by atoms with Crippen molar-refractivity contribution in [1.29, 1.82) is 0 Å².